The number of hydrogen-bond donors (Lipinski definition) is 0. The van der Waals surface area contributed by atoms with Gasteiger partial charge in [0.1, 0.15) is 5.56 Å². The molecule has 0 amide bonds. The van der Waals surface area contributed by atoms with Crippen LogP contribution in [0.15, 0.2) is 36.4 Å². The molecule has 114 valence electrons. The van der Waals surface area contributed by atoms with Crippen LogP contribution in [0.1, 0.15) is 20.7 Å². The summed E-state index contributed by atoms with van der Waals surface area (Å²) < 4.78 is 0. The van der Waals surface area contributed by atoms with E-state index in [1.165, 1.54) is 30.3 Å². The molecule has 0 bridgehead atoms. The van der Waals surface area contributed by atoms with Gasteiger partial charge in [-0.1, -0.05) is 52.5 Å². The number of halogens is 4. The molecule has 4 nitrogen and oxygen atoms in total. The van der Waals surface area contributed by atoms with Crippen molar-refractivity contribution < 1.29 is 19.4 Å². The van der Waals surface area contributed by atoms with Crippen molar-refractivity contribution in [1.29, 1.82) is 0 Å². The minimum absolute atomic E-state index is 0.0101. The molecule has 0 spiro atoms. The standard InChI is InChI=1S/C14H6Cl4O4/c15-7-4-5-8(11(18)6-7)13(19)21-22-14(20)12-9(16)2-1-3-10(12)17/h1-6H. The summed E-state index contributed by atoms with van der Waals surface area (Å²) in [5.41, 5.74) is -0.120. The molecule has 0 saturated heterocycles. The first kappa shape index (κ1) is 16.9. The van der Waals surface area contributed by atoms with Gasteiger partial charge in [0.05, 0.1) is 20.6 Å². The van der Waals surface area contributed by atoms with Gasteiger partial charge in [0, 0.05) is 5.02 Å². The van der Waals surface area contributed by atoms with Crippen molar-refractivity contribution in [2.75, 3.05) is 0 Å². The van der Waals surface area contributed by atoms with Crippen LogP contribution in [0.2, 0.25) is 20.1 Å². The van der Waals surface area contributed by atoms with E-state index in [9.17, 15) is 9.59 Å². The van der Waals surface area contributed by atoms with Gasteiger partial charge in [-0.2, -0.15) is 0 Å². The molecule has 0 heterocycles. The summed E-state index contributed by atoms with van der Waals surface area (Å²) in [5.74, 6) is -1.97. The summed E-state index contributed by atoms with van der Waals surface area (Å²) in [6, 6.07) is 8.58. The molecule has 0 fully saturated rings. The topological polar surface area (TPSA) is 52.6 Å². The highest BCUT2D eigenvalue weighted by Gasteiger charge is 2.20. The minimum Gasteiger partial charge on any atom is -0.241 e. The first-order valence-electron chi connectivity index (χ1n) is 5.72. The number of carbonyl (C=O) groups excluding carboxylic acids is 2. The summed E-state index contributed by atoms with van der Waals surface area (Å²) in [7, 11) is 0. The van der Waals surface area contributed by atoms with Crippen LogP contribution in [-0.4, -0.2) is 11.9 Å². The maximum Gasteiger partial charge on any atom is 0.389 e. The molecule has 0 aromatic heterocycles. The van der Waals surface area contributed by atoms with E-state index in [1.54, 1.807) is 6.07 Å². The first-order valence-corrected chi connectivity index (χ1v) is 7.23. The van der Waals surface area contributed by atoms with E-state index in [2.05, 4.69) is 9.78 Å². The van der Waals surface area contributed by atoms with Gasteiger partial charge in [0.15, 0.2) is 0 Å². The maximum absolute atomic E-state index is 11.8. The van der Waals surface area contributed by atoms with Crippen LogP contribution in [0.5, 0.6) is 0 Å². The number of rotatable bonds is 2. The molecular weight excluding hydrogens is 374 g/mol. The first-order chi connectivity index (χ1) is 10.4. The lowest BCUT2D eigenvalue weighted by Crippen LogP contribution is -2.13. The lowest BCUT2D eigenvalue weighted by Gasteiger charge is -2.07. The Kier molecular flexibility index (Phi) is 5.53. The van der Waals surface area contributed by atoms with E-state index in [0.717, 1.165) is 0 Å². The highest BCUT2D eigenvalue weighted by molar-refractivity contribution is 6.39. The summed E-state index contributed by atoms with van der Waals surface area (Å²) in [6.07, 6.45) is 0. The fraction of sp³-hybridized carbons (Fsp3) is 0. The van der Waals surface area contributed by atoms with Crippen LogP contribution in [0, 0.1) is 0 Å². The SMILES string of the molecule is O=C(OOC(=O)c1c(Cl)cccc1Cl)c1ccc(Cl)cc1Cl. The van der Waals surface area contributed by atoms with E-state index < -0.39 is 11.9 Å². The van der Waals surface area contributed by atoms with Gasteiger partial charge in [-0.05, 0) is 30.3 Å². The highest BCUT2D eigenvalue weighted by atomic mass is 35.5. The Balaban J connectivity index is 2.09. The zero-order valence-corrected chi connectivity index (χ0v) is 13.6. The molecule has 2 aromatic carbocycles. The molecule has 2 rings (SSSR count). The van der Waals surface area contributed by atoms with Crippen molar-refractivity contribution in [3.63, 3.8) is 0 Å². The fourth-order valence-electron chi connectivity index (χ4n) is 1.51. The molecule has 0 saturated carbocycles. The van der Waals surface area contributed by atoms with E-state index in [0.29, 0.717) is 5.02 Å². The van der Waals surface area contributed by atoms with Crippen molar-refractivity contribution in [2.45, 2.75) is 0 Å². The maximum atomic E-state index is 11.8. The molecule has 0 aliphatic carbocycles. The third kappa shape index (κ3) is 3.84. The van der Waals surface area contributed by atoms with Crippen molar-refractivity contribution in [1.82, 2.24) is 0 Å². The minimum atomic E-state index is -1.01. The molecule has 22 heavy (non-hydrogen) atoms. The zero-order valence-electron chi connectivity index (χ0n) is 10.6. The summed E-state index contributed by atoms with van der Waals surface area (Å²) in [4.78, 5) is 32.5. The fourth-order valence-corrected chi connectivity index (χ4v) is 2.55. The molecule has 0 atom stereocenters. The second-order valence-corrected chi connectivity index (χ2v) is 5.62. The van der Waals surface area contributed by atoms with Crippen LogP contribution in [0.3, 0.4) is 0 Å². The Bertz CT molecular complexity index is 725. The van der Waals surface area contributed by atoms with E-state index in [4.69, 9.17) is 46.4 Å². The molecule has 0 unspecified atom stereocenters. The van der Waals surface area contributed by atoms with Gasteiger partial charge in [-0.25, -0.2) is 19.4 Å². The second kappa shape index (κ2) is 7.20. The quantitative estimate of drug-likeness (QED) is 0.529. The monoisotopic (exact) mass is 378 g/mol. The van der Waals surface area contributed by atoms with Crippen molar-refractivity contribution in [3.8, 4) is 0 Å². The smallest absolute Gasteiger partial charge is 0.241 e. The Morgan fingerprint density at radius 1 is 0.773 bits per heavy atom. The summed E-state index contributed by atoms with van der Waals surface area (Å²) in [6.45, 7) is 0. The average Bonchev–Trinajstić information content (AvgIpc) is 2.44. The Labute approximate surface area is 145 Å². The van der Waals surface area contributed by atoms with Crippen LogP contribution < -0.4 is 0 Å². The van der Waals surface area contributed by atoms with Gasteiger partial charge in [-0.3, -0.25) is 0 Å². The highest BCUT2D eigenvalue weighted by Crippen LogP contribution is 2.26. The molecule has 8 heteroatoms. The van der Waals surface area contributed by atoms with Gasteiger partial charge < -0.3 is 0 Å². The van der Waals surface area contributed by atoms with Gasteiger partial charge >= 0.3 is 11.9 Å². The lowest BCUT2D eigenvalue weighted by molar-refractivity contribution is -0.187. The Morgan fingerprint density at radius 2 is 1.36 bits per heavy atom. The van der Waals surface area contributed by atoms with Crippen molar-refractivity contribution in [2.24, 2.45) is 0 Å². The van der Waals surface area contributed by atoms with Gasteiger partial charge in [0.2, 0.25) is 0 Å². The normalized spacial score (nSPS) is 10.2. The van der Waals surface area contributed by atoms with Crippen molar-refractivity contribution >= 4 is 58.3 Å². The lowest BCUT2D eigenvalue weighted by atomic mass is 10.2. The van der Waals surface area contributed by atoms with Crippen LogP contribution in [0.4, 0.5) is 0 Å². The van der Waals surface area contributed by atoms with E-state index in [1.807, 2.05) is 0 Å². The van der Waals surface area contributed by atoms with Gasteiger partial charge in [-0.15, -0.1) is 0 Å². The van der Waals surface area contributed by atoms with Crippen LogP contribution in [0.25, 0.3) is 0 Å². The van der Waals surface area contributed by atoms with Crippen LogP contribution >= 0.6 is 46.4 Å². The largest absolute Gasteiger partial charge is 0.389 e. The molecule has 2 aromatic rings. The molecule has 0 radical (unpaired) electrons. The average molecular weight is 380 g/mol. The van der Waals surface area contributed by atoms with Gasteiger partial charge in [0.25, 0.3) is 0 Å². The molecule has 0 aliphatic rings. The Hall–Kier alpha value is -1.46. The van der Waals surface area contributed by atoms with E-state index in [-0.39, 0.29) is 26.2 Å². The summed E-state index contributed by atoms with van der Waals surface area (Å²) in [5, 5.41) is 0.543. The Morgan fingerprint density at radius 3 is 1.95 bits per heavy atom. The molecule has 0 N–H and O–H groups in total. The van der Waals surface area contributed by atoms with Crippen molar-refractivity contribution in [3.05, 3.63) is 67.6 Å². The molecule has 0 aliphatic heterocycles. The summed E-state index contributed by atoms with van der Waals surface area (Å²) >= 11 is 23.2. The number of carbonyl (C=O) groups is 2. The number of hydrogen-bond acceptors (Lipinski definition) is 4. The van der Waals surface area contributed by atoms with E-state index >= 15 is 0 Å². The third-order valence-corrected chi connectivity index (χ3v) is 3.69. The third-order valence-electron chi connectivity index (χ3n) is 2.51. The molecular formula is C14H6Cl4O4. The zero-order chi connectivity index (χ0) is 16.3. The second-order valence-electron chi connectivity index (χ2n) is 3.96. The number of benzene rings is 2. The van der Waals surface area contributed by atoms with Crippen LogP contribution in [-0.2, 0) is 9.78 Å². The predicted octanol–water partition coefficient (Wildman–Crippen LogP) is 5.23. The predicted molar refractivity (Wildman–Crippen MR) is 83.8 cm³/mol.